The molecule has 2 atom stereocenters. The maximum absolute atomic E-state index is 13.6. The van der Waals surface area contributed by atoms with Gasteiger partial charge in [0.15, 0.2) is 0 Å². The van der Waals surface area contributed by atoms with Crippen molar-refractivity contribution in [2.45, 2.75) is 6.42 Å². The van der Waals surface area contributed by atoms with Gasteiger partial charge in [-0.1, -0.05) is 35.6 Å². The highest BCUT2D eigenvalue weighted by molar-refractivity contribution is 6.31. The van der Waals surface area contributed by atoms with E-state index in [-0.39, 0.29) is 10.4 Å². The zero-order valence-corrected chi connectivity index (χ0v) is 20.5. The van der Waals surface area contributed by atoms with Crippen LogP contribution in [-0.4, -0.2) is 55.3 Å². The Labute approximate surface area is 209 Å². The van der Waals surface area contributed by atoms with E-state index in [2.05, 4.69) is 49.5 Å². The molecule has 0 bridgehead atoms. The topological polar surface area (TPSA) is 62.3 Å². The maximum atomic E-state index is 13.6. The summed E-state index contributed by atoms with van der Waals surface area (Å²) in [6.07, 6.45) is 6.84. The van der Waals surface area contributed by atoms with E-state index in [9.17, 15) is 4.39 Å². The number of nitrogens with zero attached hydrogens (tertiary/aromatic N) is 3. The van der Waals surface area contributed by atoms with Crippen molar-refractivity contribution in [3.8, 4) is 11.8 Å². The van der Waals surface area contributed by atoms with Gasteiger partial charge in [-0.25, -0.2) is 14.4 Å². The second kappa shape index (κ2) is 9.82. The molecule has 3 aromatic rings. The standard InChI is InChI=1S/C27H27ClFN5O/c1-34(2)10-4-3-9-30-24-13-21-25(11-18(24)7-8-27-14-19(27)15-35-16-27)31-17-32-26(21)33-20-5-6-23(29)22(28)12-20/h3-6,11-13,17,19,30H,9-10,14-16H2,1-2H3,(H,31,32,33)/b4-3+/t19-,27+/m1/s1. The van der Waals surface area contributed by atoms with Crippen molar-refractivity contribution in [3.63, 3.8) is 0 Å². The lowest BCUT2D eigenvalue weighted by molar-refractivity contribution is 0.157. The molecule has 2 aliphatic rings. The minimum Gasteiger partial charge on any atom is -0.381 e. The molecule has 2 aromatic carbocycles. The lowest BCUT2D eigenvalue weighted by Gasteiger charge is -2.13. The van der Waals surface area contributed by atoms with E-state index in [4.69, 9.17) is 16.3 Å². The number of aromatic nitrogens is 2. The highest BCUT2D eigenvalue weighted by atomic mass is 35.5. The van der Waals surface area contributed by atoms with Gasteiger partial charge in [0.05, 0.1) is 34.9 Å². The van der Waals surface area contributed by atoms with Crippen LogP contribution in [0.4, 0.5) is 21.6 Å². The summed E-state index contributed by atoms with van der Waals surface area (Å²) in [5.41, 5.74) is 3.21. The van der Waals surface area contributed by atoms with Crippen LogP contribution in [0.15, 0.2) is 48.8 Å². The van der Waals surface area contributed by atoms with Gasteiger partial charge in [0, 0.05) is 35.6 Å². The first kappa shape index (κ1) is 23.6. The van der Waals surface area contributed by atoms with Crippen molar-refractivity contribution in [2.24, 2.45) is 11.3 Å². The van der Waals surface area contributed by atoms with Gasteiger partial charge < -0.3 is 20.3 Å². The zero-order chi connectivity index (χ0) is 24.4. The number of nitrogens with one attached hydrogen (secondary N) is 2. The van der Waals surface area contributed by atoms with Crippen LogP contribution in [0.3, 0.4) is 0 Å². The third-order valence-electron chi connectivity index (χ3n) is 6.36. The van der Waals surface area contributed by atoms with Crippen LogP contribution in [0.25, 0.3) is 10.9 Å². The van der Waals surface area contributed by atoms with E-state index < -0.39 is 5.82 Å². The largest absolute Gasteiger partial charge is 0.381 e. The first-order valence-corrected chi connectivity index (χ1v) is 12.0. The SMILES string of the molecule is CN(C)C/C=C/CNc1cc2c(Nc3ccc(F)c(Cl)c3)ncnc2cc1C#C[C@]12COC[C@H]1C2. The van der Waals surface area contributed by atoms with Gasteiger partial charge in [-0.15, -0.1) is 0 Å². The summed E-state index contributed by atoms with van der Waals surface area (Å²) < 4.78 is 19.2. The number of anilines is 3. The van der Waals surface area contributed by atoms with Crippen molar-refractivity contribution in [1.29, 1.82) is 0 Å². The molecule has 2 N–H and O–H groups in total. The van der Waals surface area contributed by atoms with Crippen molar-refractivity contribution in [3.05, 3.63) is 65.2 Å². The molecule has 8 heteroatoms. The van der Waals surface area contributed by atoms with Gasteiger partial charge in [0.1, 0.15) is 18.0 Å². The number of benzene rings is 2. The number of fused-ring (bicyclic) bond motifs is 2. The van der Waals surface area contributed by atoms with Gasteiger partial charge >= 0.3 is 0 Å². The predicted molar refractivity (Wildman–Crippen MR) is 139 cm³/mol. The first-order chi connectivity index (χ1) is 16.9. The Kier molecular flexibility index (Phi) is 6.61. The summed E-state index contributed by atoms with van der Waals surface area (Å²) in [6.45, 7) is 3.06. The number of hydrogen-bond acceptors (Lipinski definition) is 6. The fraction of sp³-hybridized carbons (Fsp3) is 0.333. The Morgan fingerprint density at radius 3 is 2.89 bits per heavy atom. The van der Waals surface area contributed by atoms with Crippen LogP contribution in [-0.2, 0) is 4.74 Å². The maximum Gasteiger partial charge on any atom is 0.141 e. The molecule has 35 heavy (non-hydrogen) atoms. The van der Waals surface area contributed by atoms with Gasteiger partial charge in [-0.2, -0.15) is 0 Å². The van der Waals surface area contributed by atoms with E-state index in [1.807, 2.05) is 26.2 Å². The highest BCUT2D eigenvalue weighted by Gasteiger charge is 2.57. The van der Waals surface area contributed by atoms with Gasteiger partial charge in [0.25, 0.3) is 0 Å². The Morgan fingerprint density at radius 1 is 1.26 bits per heavy atom. The number of hydrogen-bond donors (Lipinski definition) is 2. The van der Waals surface area contributed by atoms with Crippen LogP contribution < -0.4 is 10.6 Å². The molecular formula is C27H27ClFN5O. The molecular weight excluding hydrogens is 465 g/mol. The van der Waals surface area contributed by atoms with E-state index in [0.717, 1.165) is 41.7 Å². The summed E-state index contributed by atoms with van der Waals surface area (Å²) >= 11 is 5.96. The Bertz CT molecular complexity index is 1350. The highest BCUT2D eigenvalue weighted by Crippen LogP contribution is 2.56. The van der Waals surface area contributed by atoms with Crippen LogP contribution in [0.5, 0.6) is 0 Å². The van der Waals surface area contributed by atoms with Crippen LogP contribution in [0.2, 0.25) is 5.02 Å². The summed E-state index contributed by atoms with van der Waals surface area (Å²) in [6, 6.07) is 8.49. The Balaban J connectivity index is 1.48. The predicted octanol–water partition coefficient (Wildman–Crippen LogP) is 5.08. The molecule has 1 aliphatic carbocycles. The molecule has 1 saturated heterocycles. The third kappa shape index (κ3) is 5.25. The summed E-state index contributed by atoms with van der Waals surface area (Å²) in [5.74, 6) is 7.59. The molecule has 1 aliphatic heterocycles. The summed E-state index contributed by atoms with van der Waals surface area (Å²) in [4.78, 5) is 11.0. The third-order valence-corrected chi connectivity index (χ3v) is 6.65. The quantitative estimate of drug-likeness (QED) is 0.355. The molecule has 0 amide bonds. The lowest BCUT2D eigenvalue weighted by atomic mass is 10.0. The molecule has 1 saturated carbocycles. The fourth-order valence-corrected chi connectivity index (χ4v) is 4.42. The molecule has 6 nitrogen and oxygen atoms in total. The average molecular weight is 492 g/mol. The van der Waals surface area contributed by atoms with E-state index in [1.54, 1.807) is 6.07 Å². The normalized spacial score (nSPS) is 20.7. The number of likely N-dealkylation sites (N-methyl/N-ethyl adjacent to an activating group) is 1. The Hall–Kier alpha value is -3.18. The molecule has 2 heterocycles. The molecule has 0 spiro atoms. The number of ether oxygens (including phenoxy) is 1. The van der Waals surface area contributed by atoms with Crippen molar-refractivity contribution < 1.29 is 9.13 Å². The summed E-state index contributed by atoms with van der Waals surface area (Å²) in [5, 5.41) is 7.60. The van der Waals surface area contributed by atoms with Crippen molar-refractivity contribution in [2.75, 3.05) is 51.0 Å². The number of rotatable bonds is 7. The van der Waals surface area contributed by atoms with E-state index in [1.165, 1.54) is 18.5 Å². The van der Waals surface area contributed by atoms with Crippen LogP contribution in [0, 0.1) is 29.0 Å². The molecule has 2 fully saturated rings. The molecule has 5 rings (SSSR count). The lowest BCUT2D eigenvalue weighted by Crippen LogP contribution is -2.11. The van der Waals surface area contributed by atoms with Crippen molar-refractivity contribution >= 4 is 39.7 Å². The monoisotopic (exact) mass is 491 g/mol. The smallest absolute Gasteiger partial charge is 0.141 e. The van der Waals surface area contributed by atoms with Gasteiger partial charge in [0.2, 0.25) is 0 Å². The zero-order valence-electron chi connectivity index (χ0n) is 19.7. The van der Waals surface area contributed by atoms with E-state index >= 15 is 0 Å². The molecule has 0 radical (unpaired) electrons. The fourth-order valence-electron chi connectivity index (χ4n) is 4.24. The second-order valence-corrected chi connectivity index (χ2v) is 9.74. The minimum atomic E-state index is -0.466. The van der Waals surface area contributed by atoms with E-state index in [0.29, 0.717) is 30.6 Å². The minimum absolute atomic E-state index is 0.0120. The number of halogens is 2. The van der Waals surface area contributed by atoms with Gasteiger partial charge in [-0.3, -0.25) is 0 Å². The summed E-state index contributed by atoms with van der Waals surface area (Å²) in [7, 11) is 4.07. The van der Waals surface area contributed by atoms with Gasteiger partial charge in [-0.05, 0) is 50.8 Å². The van der Waals surface area contributed by atoms with Crippen molar-refractivity contribution in [1.82, 2.24) is 14.9 Å². The van der Waals surface area contributed by atoms with Crippen LogP contribution in [0.1, 0.15) is 12.0 Å². The first-order valence-electron chi connectivity index (χ1n) is 11.6. The molecule has 180 valence electrons. The molecule has 1 aromatic heterocycles. The second-order valence-electron chi connectivity index (χ2n) is 9.33. The molecule has 0 unspecified atom stereocenters. The Morgan fingerprint density at radius 2 is 2.14 bits per heavy atom. The van der Waals surface area contributed by atoms with Crippen LogP contribution >= 0.6 is 11.6 Å². The average Bonchev–Trinajstić information content (AvgIpc) is 3.38.